The molecule has 4 atom stereocenters. The zero-order chi connectivity index (χ0) is 17.0. The molecule has 130 valence electrons. The first-order chi connectivity index (χ1) is 10.9. The molecule has 0 saturated carbocycles. The molecule has 0 aromatic carbocycles. The number of morpholine rings is 1. The van der Waals surface area contributed by atoms with Crippen LogP contribution in [0.2, 0.25) is 0 Å². The maximum absolute atomic E-state index is 12.1. The number of nitrogens with one attached hydrogen (secondary N) is 1. The zero-order valence-electron chi connectivity index (χ0n) is 14.4. The molecule has 1 aromatic heterocycles. The minimum Gasteiger partial charge on any atom is -0.373 e. The third-order valence-corrected chi connectivity index (χ3v) is 5.03. The number of amides is 1. The maximum atomic E-state index is 12.1. The van der Waals surface area contributed by atoms with Gasteiger partial charge in [-0.3, -0.25) is 9.69 Å². The summed E-state index contributed by atoms with van der Waals surface area (Å²) in [6.45, 7) is 10.8. The number of hydrogen-bond acceptors (Lipinski definition) is 6. The van der Waals surface area contributed by atoms with Crippen LogP contribution in [0, 0.1) is 5.92 Å². The number of carbonyl (C=O) groups is 1. The number of aromatic nitrogens is 1. The molecule has 1 aliphatic heterocycles. The van der Waals surface area contributed by atoms with Crippen molar-refractivity contribution in [3.05, 3.63) is 11.1 Å². The van der Waals surface area contributed by atoms with E-state index >= 15 is 0 Å². The highest BCUT2D eigenvalue weighted by atomic mass is 32.1. The monoisotopic (exact) mass is 340 g/mol. The maximum Gasteiger partial charge on any atom is 0.243 e. The Morgan fingerprint density at radius 2 is 2.17 bits per heavy atom. The second kappa shape index (κ2) is 8.19. The number of thiazole rings is 1. The van der Waals surface area contributed by atoms with E-state index in [9.17, 15) is 4.79 Å². The number of hydrogen-bond donors (Lipinski definition) is 2. The summed E-state index contributed by atoms with van der Waals surface area (Å²) >= 11 is 1.45. The number of rotatable bonds is 6. The summed E-state index contributed by atoms with van der Waals surface area (Å²) in [5, 5.41) is 5.45. The van der Waals surface area contributed by atoms with Gasteiger partial charge in [0.25, 0.3) is 0 Å². The van der Waals surface area contributed by atoms with Crippen LogP contribution in [0.15, 0.2) is 5.38 Å². The van der Waals surface area contributed by atoms with E-state index in [-0.39, 0.29) is 24.0 Å². The minimum absolute atomic E-state index is 0.158. The lowest BCUT2D eigenvalue weighted by molar-refractivity contribution is -0.118. The van der Waals surface area contributed by atoms with E-state index in [1.54, 1.807) is 0 Å². The van der Waals surface area contributed by atoms with Gasteiger partial charge in [0, 0.05) is 25.0 Å². The Kier molecular flexibility index (Phi) is 6.52. The molecule has 0 aliphatic carbocycles. The smallest absolute Gasteiger partial charge is 0.243 e. The Morgan fingerprint density at radius 1 is 1.52 bits per heavy atom. The third-order valence-electron chi connectivity index (χ3n) is 4.22. The van der Waals surface area contributed by atoms with Crippen LogP contribution >= 0.6 is 11.3 Å². The molecule has 1 aliphatic rings. The van der Waals surface area contributed by atoms with Crippen molar-refractivity contribution < 1.29 is 9.53 Å². The fourth-order valence-corrected chi connectivity index (χ4v) is 3.49. The van der Waals surface area contributed by atoms with Crippen molar-refractivity contribution in [3.63, 3.8) is 0 Å². The van der Waals surface area contributed by atoms with Crippen molar-refractivity contribution in [2.24, 2.45) is 11.7 Å². The number of carbonyl (C=O) groups excluding carboxylic acids is 1. The van der Waals surface area contributed by atoms with Crippen LogP contribution in [-0.2, 0) is 16.1 Å². The van der Waals surface area contributed by atoms with E-state index in [1.165, 1.54) is 11.3 Å². The first-order valence-corrected chi connectivity index (χ1v) is 9.15. The highest BCUT2D eigenvalue weighted by molar-refractivity contribution is 7.13. The Hall–Kier alpha value is -1.02. The first kappa shape index (κ1) is 18.3. The van der Waals surface area contributed by atoms with Crippen LogP contribution in [0.25, 0.3) is 0 Å². The largest absolute Gasteiger partial charge is 0.373 e. The fraction of sp³-hybridized carbons (Fsp3) is 0.750. The summed E-state index contributed by atoms with van der Waals surface area (Å²) in [6, 6.07) is -0.492. The van der Waals surface area contributed by atoms with Gasteiger partial charge in [0.15, 0.2) is 5.13 Å². The predicted molar refractivity (Wildman–Crippen MR) is 93.5 cm³/mol. The van der Waals surface area contributed by atoms with Crippen LogP contribution < -0.4 is 11.1 Å². The van der Waals surface area contributed by atoms with E-state index in [2.05, 4.69) is 29.0 Å². The van der Waals surface area contributed by atoms with Gasteiger partial charge in [0.2, 0.25) is 5.91 Å². The molecule has 0 radical (unpaired) electrons. The number of anilines is 1. The van der Waals surface area contributed by atoms with Crippen LogP contribution in [0.1, 0.15) is 39.8 Å². The molecule has 23 heavy (non-hydrogen) atoms. The van der Waals surface area contributed by atoms with Gasteiger partial charge in [0.05, 0.1) is 23.9 Å². The lowest BCUT2D eigenvalue weighted by atomic mass is 10.00. The SMILES string of the molecule is CCC(C)C(N)C(=O)Nc1nc(CN2CC(C)OC(C)C2)cs1. The topological polar surface area (TPSA) is 80.5 Å². The van der Waals surface area contributed by atoms with Crippen molar-refractivity contribution in [1.82, 2.24) is 9.88 Å². The van der Waals surface area contributed by atoms with Gasteiger partial charge in [0.1, 0.15) is 0 Å². The molecular weight excluding hydrogens is 312 g/mol. The summed E-state index contributed by atoms with van der Waals surface area (Å²) in [6.07, 6.45) is 1.36. The van der Waals surface area contributed by atoms with Gasteiger partial charge >= 0.3 is 0 Å². The predicted octanol–water partition coefficient (Wildman–Crippen LogP) is 2.06. The average Bonchev–Trinajstić information content (AvgIpc) is 2.91. The van der Waals surface area contributed by atoms with Crippen molar-refractivity contribution in [2.75, 3.05) is 18.4 Å². The highest BCUT2D eigenvalue weighted by Crippen LogP contribution is 2.20. The second-order valence-corrected chi connectivity index (χ2v) is 7.35. The van der Waals surface area contributed by atoms with Gasteiger partial charge in [-0.1, -0.05) is 20.3 Å². The quantitative estimate of drug-likeness (QED) is 0.828. The zero-order valence-corrected chi connectivity index (χ0v) is 15.2. The normalized spacial score (nSPS) is 25.1. The molecule has 4 unspecified atom stereocenters. The van der Waals surface area contributed by atoms with E-state index in [4.69, 9.17) is 10.5 Å². The summed E-state index contributed by atoms with van der Waals surface area (Å²) in [4.78, 5) is 18.9. The molecule has 0 spiro atoms. The third kappa shape index (κ3) is 5.24. The molecule has 2 rings (SSSR count). The number of nitrogens with zero attached hydrogens (tertiary/aromatic N) is 2. The fourth-order valence-electron chi connectivity index (χ4n) is 2.78. The van der Waals surface area contributed by atoms with E-state index < -0.39 is 6.04 Å². The second-order valence-electron chi connectivity index (χ2n) is 6.50. The van der Waals surface area contributed by atoms with Gasteiger partial charge in [-0.2, -0.15) is 0 Å². The molecule has 2 heterocycles. The van der Waals surface area contributed by atoms with Crippen molar-refractivity contribution in [2.45, 2.75) is 58.9 Å². The molecule has 3 N–H and O–H groups in total. The lowest BCUT2D eigenvalue weighted by Gasteiger charge is -2.34. The van der Waals surface area contributed by atoms with Gasteiger partial charge in [-0.25, -0.2) is 4.98 Å². The van der Waals surface area contributed by atoms with Gasteiger partial charge in [-0.05, 0) is 19.8 Å². The van der Waals surface area contributed by atoms with Crippen LogP contribution in [0.4, 0.5) is 5.13 Å². The molecule has 6 nitrogen and oxygen atoms in total. The molecule has 1 aromatic rings. The average molecular weight is 340 g/mol. The highest BCUT2D eigenvalue weighted by Gasteiger charge is 2.23. The molecule has 1 amide bonds. The molecule has 1 saturated heterocycles. The Bertz CT molecular complexity index is 512. The minimum atomic E-state index is -0.492. The summed E-state index contributed by atoms with van der Waals surface area (Å²) in [5.41, 5.74) is 6.92. The Labute approximate surface area is 142 Å². The van der Waals surface area contributed by atoms with Crippen LogP contribution in [-0.4, -0.2) is 47.1 Å². The molecular formula is C16H28N4O2S. The number of nitrogens with two attached hydrogens (primary N) is 1. The summed E-state index contributed by atoms with van der Waals surface area (Å²) in [7, 11) is 0. The van der Waals surface area contributed by atoms with Crippen LogP contribution in [0.5, 0.6) is 0 Å². The van der Waals surface area contributed by atoms with Gasteiger partial charge < -0.3 is 15.8 Å². The van der Waals surface area contributed by atoms with E-state index in [1.807, 2.05) is 19.2 Å². The van der Waals surface area contributed by atoms with Gasteiger partial charge in [-0.15, -0.1) is 11.3 Å². The molecule has 7 heteroatoms. The first-order valence-electron chi connectivity index (χ1n) is 8.27. The standard InChI is InChI=1S/C16H28N4O2S/c1-5-10(2)14(17)15(21)19-16-18-13(9-23-16)8-20-6-11(3)22-12(4)7-20/h9-12,14H,5-8,17H2,1-4H3,(H,18,19,21). The van der Waals surface area contributed by atoms with Crippen LogP contribution in [0.3, 0.4) is 0 Å². The van der Waals surface area contributed by atoms with E-state index in [0.717, 1.165) is 31.7 Å². The molecule has 0 bridgehead atoms. The molecule has 1 fully saturated rings. The Morgan fingerprint density at radius 3 is 2.78 bits per heavy atom. The van der Waals surface area contributed by atoms with Crippen molar-refractivity contribution in [3.8, 4) is 0 Å². The summed E-state index contributed by atoms with van der Waals surface area (Å²) < 4.78 is 5.74. The lowest BCUT2D eigenvalue weighted by Crippen LogP contribution is -2.44. The van der Waals surface area contributed by atoms with Crippen molar-refractivity contribution >= 4 is 22.4 Å². The van der Waals surface area contributed by atoms with Crippen molar-refractivity contribution in [1.29, 1.82) is 0 Å². The number of ether oxygens (including phenoxy) is 1. The van der Waals surface area contributed by atoms with E-state index in [0.29, 0.717) is 5.13 Å². The summed E-state index contributed by atoms with van der Waals surface area (Å²) in [5.74, 6) is -0.000347. The Balaban J connectivity index is 1.89.